The molecule has 1 heterocycles. The quantitative estimate of drug-likeness (QED) is 0.598. The maximum atomic E-state index is 11.2. The normalized spacial score (nSPS) is 18.1. The molecule has 0 unspecified atom stereocenters. The van der Waals surface area contributed by atoms with Gasteiger partial charge in [-0.1, -0.05) is 24.0 Å². The van der Waals surface area contributed by atoms with Crippen LogP contribution in [0, 0.1) is 0 Å². The lowest BCUT2D eigenvalue weighted by molar-refractivity contribution is -0.857. The average Bonchev–Trinajstić information content (AvgIpc) is 2.28. The second-order valence-corrected chi connectivity index (χ2v) is 4.67. The summed E-state index contributed by atoms with van der Waals surface area (Å²) in [6, 6.07) is 0. The molecule has 12 heavy (non-hydrogen) atoms. The van der Waals surface area contributed by atoms with Gasteiger partial charge in [-0.05, 0) is 0 Å². The van der Waals surface area contributed by atoms with Gasteiger partial charge in [-0.25, -0.2) is 0 Å². The SMILES string of the molecule is C[NH+](C)CCN1C(=O)CSC1=S. The Morgan fingerprint density at radius 1 is 1.67 bits per heavy atom. The van der Waals surface area contributed by atoms with Gasteiger partial charge in [0.1, 0.15) is 4.32 Å². The fourth-order valence-electron chi connectivity index (χ4n) is 0.933. The van der Waals surface area contributed by atoms with Crippen molar-refractivity contribution < 1.29 is 9.69 Å². The monoisotopic (exact) mass is 205 g/mol. The van der Waals surface area contributed by atoms with Gasteiger partial charge in [0.15, 0.2) is 0 Å². The molecule has 1 fully saturated rings. The van der Waals surface area contributed by atoms with Gasteiger partial charge in [0.2, 0.25) is 5.91 Å². The van der Waals surface area contributed by atoms with Gasteiger partial charge in [-0.3, -0.25) is 9.69 Å². The summed E-state index contributed by atoms with van der Waals surface area (Å²) in [5.41, 5.74) is 0. The van der Waals surface area contributed by atoms with Crippen LogP contribution in [0.1, 0.15) is 0 Å². The Labute approximate surface area is 82.1 Å². The lowest BCUT2D eigenvalue weighted by Crippen LogP contribution is -3.06. The predicted molar refractivity (Wildman–Crippen MR) is 54.4 cm³/mol. The summed E-state index contributed by atoms with van der Waals surface area (Å²) in [5, 5.41) is 0. The largest absolute Gasteiger partial charge is 0.338 e. The summed E-state index contributed by atoms with van der Waals surface area (Å²) in [7, 11) is 4.13. The van der Waals surface area contributed by atoms with E-state index in [2.05, 4.69) is 14.1 Å². The number of rotatable bonds is 3. The molecular weight excluding hydrogens is 192 g/mol. The zero-order valence-corrected chi connectivity index (χ0v) is 8.93. The first-order valence-electron chi connectivity index (χ1n) is 3.87. The number of carbonyl (C=O) groups excluding carboxylic acids is 1. The number of hydrogen-bond donors (Lipinski definition) is 1. The number of nitrogens with zero attached hydrogens (tertiary/aromatic N) is 1. The molecule has 0 saturated carbocycles. The van der Waals surface area contributed by atoms with Crippen LogP contribution < -0.4 is 4.90 Å². The van der Waals surface area contributed by atoms with E-state index in [1.807, 2.05) is 0 Å². The Balaban J connectivity index is 2.40. The van der Waals surface area contributed by atoms with Crippen LogP contribution in [-0.4, -0.2) is 48.1 Å². The molecule has 5 heteroatoms. The van der Waals surface area contributed by atoms with Gasteiger partial charge < -0.3 is 4.90 Å². The molecule has 1 rings (SSSR count). The molecule has 1 N–H and O–H groups in total. The number of thiocarbonyl (C=S) groups is 1. The summed E-state index contributed by atoms with van der Waals surface area (Å²) >= 11 is 6.49. The van der Waals surface area contributed by atoms with Crippen LogP contribution in [-0.2, 0) is 4.79 Å². The fraction of sp³-hybridized carbons (Fsp3) is 0.714. The molecule has 0 bridgehead atoms. The third-order valence-corrected chi connectivity index (χ3v) is 3.11. The van der Waals surface area contributed by atoms with E-state index in [1.165, 1.54) is 16.7 Å². The number of quaternary nitrogens is 1. The van der Waals surface area contributed by atoms with Crippen LogP contribution in [0.15, 0.2) is 0 Å². The summed E-state index contributed by atoms with van der Waals surface area (Å²) in [6.45, 7) is 1.71. The zero-order valence-electron chi connectivity index (χ0n) is 7.29. The smallest absolute Gasteiger partial charge is 0.238 e. The number of nitrogens with one attached hydrogen (secondary N) is 1. The standard InChI is InChI=1S/C7H12N2OS2/c1-8(2)3-4-9-6(10)5-12-7(9)11/h3-5H2,1-2H3/p+1. The third kappa shape index (κ3) is 2.43. The molecule has 1 aliphatic rings. The highest BCUT2D eigenvalue weighted by Crippen LogP contribution is 2.17. The minimum Gasteiger partial charge on any atom is -0.338 e. The second-order valence-electron chi connectivity index (χ2n) is 3.06. The van der Waals surface area contributed by atoms with E-state index in [0.29, 0.717) is 5.75 Å². The van der Waals surface area contributed by atoms with Crippen molar-refractivity contribution in [2.45, 2.75) is 0 Å². The van der Waals surface area contributed by atoms with E-state index >= 15 is 0 Å². The van der Waals surface area contributed by atoms with Crippen LogP contribution in [0.2, 0.25) is 0 Å². The van der Waals surface area contributed by atoms with E-state index < -0.39 is 0 Å². The molecule has 1 aliphatic heterocycles. The fourth-order valence-corrected chi connectivity index (χ4v) is 2.05. The topological polar surface area (TPSA) is 24.8 Å². The molecule has 0 aromatic carbocycles. The van der Waals surface area contributed by atoms with Gasteiger partial charge in [0.05, 0.1) is 32.9 Å². The number of carbonyl (C=O) groups is 1. The molecule has 0 aromatic heterocycles. The number of hydrogen-bond acceptors (Lipinski definition) is 3. The number of thioether (sulfide) groups is 1. The highest BCUT2D eigenvalue weighted by Gasteiger charge is 2.26. The highest BCUT2D eigenvalue weighted by atomic mass is 32.2. The molecule has 1 amide bonds. The van der Waals surface area contributed by atoms with Crippen LogP contribution in [0.25, 0.3) is 0 Å². The second kappa shape index (κ2) is 4.20. The van der Waals surface area contributed by atoms with E-state index in [-0.39, 0.29) is 5.91 Å². The maximum Gasteiger partial charge on any atom is 0.238 e. The summed E-state index contributed by atoms with van der Waals surface area (Å²) < 4.78 is 0.737. The van der Waals surface area contributed by atoms with E-state index in [0.717, 1.165) is 17.4 Å². The minimum absolute atomic E-state index is 0.159. The minimum atomic E-state index is 0.159. The average molecular weight is 205 g/mol. The Kier molecular flexibility index (Phi) is 3.49. The molecule has 0 aliphatic carbocycles. The Hall–Kier alpha value is -0.130. The lowest BCUT2D eigenvalue weighted by Gasteiger charge is -2.15. The zero-order chi connectivity index (χ0) is 9.14. The van der Waals surface area contributed by atoms with E-state index in [4.69, 9.17) is 12.2 Å². The van der Waals surface area contributed by atoms with Gasteiger partial charge >= 0.3 is 0 Å². The molecule has 3 nitrogen and oxygen atoms in total. The van der Waals surface area contributed by atoms with Crippen molar-refractivity contribution >= 4 is 34.2 Å². The van der Waals surface area contributed by atoms with Gasteiger partial charge in [-0.15, -0.1) is 0 Å². The van der Waals surface area contributed by atoms with Crippen molar-refractivity contribution in [2.24, 2.45) is 0 Å². The van der Waals surface area contributed by atoms with Gasteiger partial charge in [-0.2, -0.15) is 0 Å². The molecule has 1 saturated heterocycles. The Bertz CT molecular complexity index is 190. The third-order valence-electron chi connectivity index (χ3n) is 1.68. The highest BCUT2D eigenvalue weighted by molar-refractivity contribution is 8.23. The molecular formula is C7H13N2OS2+. The van der Waals surface area contributed by atoms with E-state index in [9.17, 15) is 4.79 Å². The lowest BCUT2D eigenvalue weighted by atomic mass is 10.5. The maximum absolute atomic E-state index is 11.2. The van der Waals surface area contributed by atoms with E-state index in [1.54, 1.807) is 4.90 Å². The van der Waals surface area contributed by atoms with Crippen LogP contribution >= 0.6 is 24.0 Å². The summed E-state index contributed by atoms with van der Waals surface area (Å²) in [4.78, 5) is 14.2. The predicted octanol–water partition coefficient (Wildman–Crippen LogP) is -1.01. The first-order chi connectivity index (χ1) is 5.61. The van der Waals surface area contributed by atoms with Crippen molar-refractivity contribution in [1.82, 2.24) is 4.90 Å². The summed E-state index contributed by atoms with van der Waals surface area (Å²) in [5.74, 6) is 0.688. The Morgan fingerprint density at radius 3 is 2.75 bits per heavy atom. The van der Waals surface area contributed by atoms with Crippen LogP contribution in [0.5, 0.6) is 0 Å². The Morgan fingerprint density at radius 2 is 2.33 bits per heavy atom. The first-order valence-corrected chi connectivity index (χ1v) is 5.27. The molecule has 0 atom stereocenters. The van der Waals surface area contributed by atoms with Crippen molar-refractivity contribution in [2.75, 3.05) is 32.9 Å². The van der Waals surface area contributed by atoms with Crippen LogP contribution in [0.3, 0.4) is 0 Å². The molecule has 68 valence electrons. The van der Waals surface area contributed by atoms with Crippen LogP contribution in [0.4, 0.5) is 0 Å². The van der Waals surface area contributed by atoms with Gasteiger partial charge in [0, 0.05) is 0 Å². The number of likely N-dealkylation sites (N-methyl/N-ethyl adjacent to an activating group) is 1. The van der Waals surface area contributed by atoms with Gasteiger partial charge in [0.25, 0.3) is 0 Å². The van der Waals surface area contributed by atoms with Crippen molar-refractivity contribution in [3.63, 3.8) is 0 Å². The summed E-state index contributed by atoms with van der Waals surface area (Å²) in [6.07, 6.45) is 0. The first kappa shape index (κ1) is 9.95. The van der Waals surface area contributed by atoms with Crippen molar-refractivity contribution in [3.8, 4) is 0 Å². The number of amides is 1. The van der Waals surface area contributed by atoms with Crippen molar-refractivity contribution in [1.29, 1.82) is 0 Å². The van der Waals surface area contributed by atoms with Crippen molar-refractivity contribution in [3.05, 3.63) is 0 Å². The molecule has 0 radical (unpaired) electrons. The molecule has 0 spiro atoms. The molecule has 0 aromatic rings.